The summed E-state index contributed by atoms with van der Waals surface area (Å²) < 4.78 is 5.32. The van der Waals surface area contributed by atoms with Crippen molar-refractivity contribution in [3.8, 4) is 0 Å². The Balaban J connectivity index is 2.01. The van der Waals surface area contributed by atoms with Gasteiger partial charge in [0.15, 0.2) is 0 Å². The molecule has 4 nitrogen and oxygen atoms in total. The van der Waals surface area contributed by atoms with Crippen LogP contribution in [0.4, 0.5) is 0 Å². The lowest BCUT2D eigenvalue weighted by Gasteiger charge is -2.35. The van der Waals surface area contributed by atoms with Gasteiger partial charge in [-0.15, -0.1) is 0 Å². The molecule has 1 atom stereocenters. The van der Waals surface area contributed by atoms with Gasteiger partial charge in [0.1, 0.15) is 0 Å². The van der Waals surface area contributed by atoms with Gasteiger partial charge in [0.25, 0.3) is 0 Å². The normalized spacial score (nSPS) is 20.3. The first kappa shape index (κ1) is 13.5. The van der Waals surface area contributed by atoms with E-state index in [1.165, 1.54) is 0 Å². The number of rotatable bonds is 4. The van der Waals surface area contributed by atoms with Crippen molar-refractivity contribution in [1.29, 1.82) is 0 Å². The molecule has 1 aromatic rings. The van der Waals surface area contributed by atoms with E-state index in [4.69, 9.17) is 10.5 Å². The average Bonchev–Trinajstić information content (AvgIpc) is 2.93. The highest BCUT2D eigenvalue weighted by molar-refractivity contribution is 7.07. The maximum atomic E-state index is 12.4. The summed E-state index contributed by atoms with van der Waals surface area (Å²) >= 11 is 1.64. The summed E-state index contributed by atoms with van der Waals surface area (Å²) in [5.74, 6) is 0.0620. The molecule has 0 aromatic carbocycles. The summed E-state index contributed by atoms with van der Waals surface area (Å²) in [5, 5.41) is 7.15. The van der Waals surface area contributed by atoms with Gasteiger partial charge in [-0.25, -0.2) is 0 Å². The second-order valence-electron chi connectivity index (χ2n) is 4.85. The average molecular weight is 268 g/mol. The zero-order chi connectivity index (χ0) is 13.0. The van der Waals surface area contributed by atoms with Gasteiger partial charge in [0.05, 0.1) is 11.5 Å². The van der Waals surface area contributed by atoms with Gasteiger partial charge in [-0.05, 0) is 42.2 Å². The minimum absolute atomic E-state index is 0.0371. The molecule has 0 saturated carbocycles. The SMILES string of the molecule is CC(NC(=O)C1(CN)CCOCC1)c1ccsc1. The fourth-order valence-electron chi connectivity index (χ4n) is 2.24. The molecule has 1 aromatic heterocycles. The van der Waals surface area contributed by atoms with Crippen LogP contribution in [0.15, 0.2) is 16.8 Å². The van der Waals surface area contributed by atoms with Crippen LogP contribution in [0.1, 0.15) is 31.4 Å². The number of nitrogens with one attached hydrogen (secondary N) is 1. The van der Waals surface area contributed by atoms with Crippen LogP contribution in [0.25, 0.3) is 0 Å². The summed E-state index contributed by atoms with van der Waals surface area (Å²) in [6.07, 6.45) is 1.43. The van der Waals surface area contributed by atoms with E-state index >= 15 is 0 Å². The summed E-state index contributed by atoms with van der Waals surface area (Å²) in [5.41, 5.74) is 6.52. The first-order chi connectivity index (χ1) is 8.68. The predicted octanol–water partition coefficient (Wildman–Crippen LogP) is 1.68. The van der Waals surface area contributed by atoms with Crippen molar-refractivity contribution in [1.82, 2.24) is 5.32 Å². The Morgan fingerprint density at radius 2 is 2.33 bits per heavy atom. The molecule has 2 rings (SSSR count). The number of thiophene rings is 1. The van der Waals surface area contributed by atoms with Gasteiger partial charge >= 0.3 is 0 Å². The van der Waals surface area contributed by atoms with Crippen LogP contribution >= 0.6 is 11.3 Å². The van der Waals surface area contributed by atoms with E-state index in [1.54, 1.807) is 11.3 Å². The molecule has 1 aliphatic rings. The highest BCUT2D eigenvalue weighted by Crippen LogP contribution is 2.30. The fraction of sp³-hybridized carbons (Fsp3) is 0.615. The third-order valence-corrected chi connectivity index (χ3v) is 4.41. The molecule has 0 radical (unpaired) electrons. The first-order valence-corrected chi connectivity index (χ1v) is 7.23. The van der Waals surface area contributed by atoms with Crippen LogP contribution in [0, 0.1) is 5.41 Å². The maximum absolute atomic E-state index is 12.4. The van der Waals surface area contributed by atoms with E-state index in [1.807, 2.05) is 18.4 Å². The Morgan fingerprint density at radius 3 is 2.89 bits per heavy atom. The van der Waals surface area contributed by atoms with Crippen LogP contribution in [0.5, 0.6) is 0 Å². The monoisotopic (exact) mass is 268 g/mol. The van der Waals surface area contributed by atoms with Crippen LogP contribution < -0.4 is 11.1 Å². The Hall–Kier alpha value is -0.910. The van der Waals surface area contributed by atoms with Crippen molar-refractivity contribution < 1.29 is 9.53 Å². The van der Waals surface area contributed by atoms with Crippen molar-refractivity contribution in [2.45, 2.75) is 25.8 Å². The van der Waals surface area contributed by atoms with Crippen molar-refractivity contribution in [3.63, 3.8) is 0 Å². The number of ether oxygens (including phenoxy) is 1. The molecule has 1 fully saturated rings. The molecule has 2 heterocycles. The number of amides is 1. The topological polar surface area (TPSA) is 64.4 Å². The third-order valence-electron chi connectivity index (χ3n) is 3.71. The van der Waals surface area contributed by atoms with Gasteiger partial charge in [-0.2, -0.15) is 11.3 Å². The molecule has 1 saturated heterocycles. The standard InChI is InChI=1S/C13H20N2O2S/c1-10(11-2-7-18-8-11)15-12(16)13(9-14)3-5-17-6-4-13/h2,7-8,10H,3-6,9,14H2,1H3,(H,15,16). The van der Waals surface area contributed by atoms with E-state index in [2.05, 4.69) is 10.7 Å². The van der Waals surface area contributed by atoms with E-state index in [0.29, 0.717) is 32.6 Å². The van der Waals surface area contributed by atoms with E-state index in [0.717, 1.165) is 5.56 Å². The number of nitrogens with two attached hydrogens (primary N) is 1. The summed E-state index contributed by atoms with van der Waals surface area (Å²) in [6.45, 7) is 3.64. The molecule has 3 N–H and O–H groups in total. The van der Waals surface area contributed by atoms with Crippen molar-refractivity contribution in [3.05, 3.63) is 22.4 Å². The van der Waals surface area contributed by atoms with Crippen molar-refractivity contribution >= 4 is 17.2 Å². The fourth-order valence-corrected chi connectivity index (χ4v) is 2.99. The molecule has 100 valence electrons. The highest BCUT2D eigenvalue weighted by Gasteiger charge is 2.39. The van der Waals surface area contributed by atoms with Crippen LogP contribution in [-0.2, 0) is 9.53 Å². The Bertz CT molecular complexity index is 386. The molecular formula is C13H20N2O2S. The van der Waals surface area contributed by atoms with E-state index in [9.17, 15) is 4.79 Å². The largest absolute Gasteiger partial charge is 0.381 e. The lowest BCUT2D eigenvalue weighted by Crippen LogP contribution is -2.49. The van der Waals surface area contributed by atoms with Gasteiger partial charge in [0.2, 0.25) is 5.91 Å². The lowest BCUT2D eigenvalue weighted by atomic mass is 9.79. The van der Waals surface area contributed by atoms with Crippen LogP contribution in [0.2, 0.25) is 0 Å². The summed E-state index contributed by atoms with van der Waals surface area (Å²) in [4.78, 5) is 12.4. The molecule has 0 spiro atoms. The van der Waals surface area contributed by atoms with Gasteiger partial charge in [-0.3, -0.25) is 4.79 Å². The second kappa shape index (κ2) is 5.82. The van der Waals surface area contributed by atoms with Gasteiger partial charge in [0, 0.05) is 19.8 Å². The maximum Gasteiger partial charge on any atom is 0.228 e. The minimum atomic E-state index is -0.442. The number of hydrogen-bond donors (Lipinski definition) is 2. The summed E-state index contributed by atoms with van der Waals surface area (Å²) in [6, 6.07) is 2.07. The van der Waals surface area contributed by atoms with E-state index < -0.39 is 5.41 Å². The highest BCUT2D eigenvalue weighted by atomic mass is 32.1. The quantitative estimate of drug-likeness (QED) is 0.873. The smallest absolute Gasteiger partial charge is 0.228 e. The number of carbonyl (C=O) groups excluding carboxylic acids is 1. The van der Waals surface area contributed by atoms with Crippen molar-refractivity contribution in [2.75, 3.05) is 19.8 Å². The number of carbonyl (C=O) groups is 1. The molecule has 0 aliphatic carbocycles. The summed E-state index contributed by atoms with van der Waals surface area (Å²) in [7, 11) is 0. The van der Waals surface area contributed by atoms with Crippen LogP contribution in [0.3, 0.4) is 0 Å². The molecule has 1 amide bonds. The van der Waals surface area contributed by atoms with Crippen molar-refractivity contribution in [2.24, 2.45) is 11.1 Å². The Morgan fingerprint density at radius 1 is 1.61 bits per heavy atom. The molecule has 1 aliphatic heterocycles. The molecule has 1 unspecified atom stereocenters. The van der Waals surface area contributed by atoms with Crippen LogP contribution in [-0.4, -0.2) is 25.7 Å². The minimum Gasteiger partial charge on any atom is -0.381 e. The Labute approximate surface area is 112 Å². The predicted molar refractivity (Wildman–Crippen MR) is 72.4 cm³/mol. The molecular weight excluding hydrogens is 248 g/mol. The molecule has 5 heteroatoms. The van der Waals surface area contributed by atoms with Gasteiger partial charge in [-0.1, -0.05) is 0 Å². The third kappa shape index (κ3) is 2.74. The number of hydrogen-bond acceptors (Lipinski definition) is 4. The van der Waals surface area contributed by atoms with Gasteiger partial charge < -0.3 is 15.8 Å². The molecule has 0 bridgehead atoms. The first-order valence-electron chi connectivity index (χ1n) is 6.29. The second-order valence-corrected chi connectivity index (χ2v) is 5.63. The Kier molecular flexibility index (Phi) is 4.37. The van der Waals surface area contributed by atoms with E-state index in [-0.39, 0.29) is 11.9 Å². The zero-order valence-corrected chi connectivity index (χ0v) is 11.5. The lowest BCUT2D eigenvalue weighted by molar-refractivity contribution is -0.136. The zero-order valence-electron chi connectivity index (χ0n) is 10.6. The molecule has 18 heavy (non-hydrogen) atoms.